The van der Waals surface area contributed by atoms with Crippen LogP contribution in [0, 0.1) is 0 Å². The number of urea groups is 1. The van der Waals surface area contributed by atoms with Crippen LogP contribution in [0.15, 0.2) is 42.8 Å². The molecule has 3 amide bonds. The molecule has 2 N–H and O–H groups in total. The predicted octanol–water partition coefficient (Wildman–Crippen LogP) is 1.75. The van der Waals surface area contributed by atoms with Gasteiger partial charge in [0.05, 0.1) is 13.1 Å². The highest BCUT2D eigenvalue weighted by Crippen LogP contribution is 2.06. The van der Waals surface area contributed by atoms with E-state index in [0.717, 1.165) is 4.88 Å². The zero-order valence-corrected chi connectivity index (χ0v) is 12.1. The number of hydrogen-bond donors (Lipinski definition) is 2. The van der Waals surface area contributed by atoms with Crippen molar-refractivity contribution < 1.29 is 9.59 Å². The van der Waals surface area contributed by atoms with Gasteiger partial charge < -0.3 is 5.32 Å². The summed E-state index contributed by atoms with van der Waals surface area (Å²) < 4.78 is 0. The molecule has 1 rings (SSSR count). The molecule has 0 unspecified atom stereocenters. The molecule has 6 heteroatoms. The van der Waals surface area contributed by atoms with Gasteiger partial charge in [0.2, 0.25) is 5.91 Å². The summed E-state index contributed by atoms with van der Waals surface area (Å²) in [6, 6.07) is 3.34. The summed E-state index contributed by atoms with van der Waals surface area (Å²) in [6.07, 6.45) is 3.40. The third-order valence-electron chi connectivity index (χ3n) is 2.40. The fourth-order valence-electron chi connectivity index (χ4n) is 1.56. The van der Waals surface area contributed by atoms with Gasteiger partial charge in [-0.1, -0.05) is 18.2 Å². The van der Waals surface area contributed by atoms with Gasteiger partial charge in [0.1, 0.15) is 0 Å². The van der Waals surface area contributed by atoms with Gasteiger partial charge in [0.25, 0.3) is 0 Å². The van der Waals surface area contributed by atoms with Crippen LogP contribution in [-0.4, -0.2) is 36.5 Å². The second-order valence-electron chi connectivity index (χ2n) is 4.08. The van der Waals surface area contributed by atoms with E-state index >= 15 is 0 Å². The van der Waals surface area contributed by atoms with Crippen molar-refractivity contribution in [2.75, 3.05) is 19.6 Å². The minimum Gasteiger partial charge on any atom is -0.333 e. The Morgan fingerprint density at radius 1 is 1.30 bits per heavy atom. The van der Waals surface area contributed by atoms with Gasteiger partial charge in [-0.2, -0.15) is 0 Å². The number of nitrogens with one attached hydrogen (secondary N) is 2. The van der Waals surface area contributed by atoms with E-state index in [4.69, 9.17) is 0 Å². The SMILES string of the molecule is C=CCN(CC=C)CC(=O)NC(=O)NCc1cccs1. The van der Waals surface area contributed by atoms with E-state index in [-0.39, 0.29) is 12.5 Å². The van der Waals surface area contributed by atoms with Crippen LogP contribution >= 0.6 is 11.3 Å². The van der Waals surface area contributed by atoms with E-state index in [1.807, 2.05) is 22.4 Å². The molecule has 0 aliphatic heterocycles. The van der Waals surface area contributed by atoms with E-state index in [1.54, 1.807) is 23.5 Å². The standard InChI is InChI=1S/C14H19N3O2S/c1-3-7-17(8-4-2)11-13(18)16-14(19)15-10-12-6-5-9-20-12/h3-6,9H,1-2,7-8,10-11H2,(H2,15,16,18,19). The molecule has 0 atom stereocenters. The van der Waals surface area contributed by atoms with Gasteiger partial charge >= 0.3 is 6.03 Å². The highest BCUT2D eigenvalue weighted by atomic mass is 32.1. The van der Waals surface area contributed by atoms with Gasteiger partial charge in [-0.3, -0.25) is 15.0 Å². The van der Waals surface area contributed by atoms with Crippen LogP contribution in [0.3, 0.4) is 0 Å². The summed E-state index contributed by atoms with van der Waals surface area (Å²) >= 11 is 1.55. The Balaban J connectivity index is 2.30. The Morgan fingerprint density at radius 2 is 2.00 bits per heavy atom. The minimum absolute atomic E-state index is 0.129. The maximum Gasteiger partial charge on any atom is 0.321 e. The second-order valence-corrected chi connectivity index (χ2v) is 5.11. The van der Waals surface area contributed by atoms with E-state index in [0.29, 0.717) is 19.6 Å². The summed E-state index contributed by atoms with van der Waals surface area (Å²) in [7, 11) is 0. The van der Waals surface area contributed by atoms with E-state index < -0.39 is 6.03 Å². The maximum absolute atomic E-state index is 11.7. The lowest BCUT2D eigenvalue weighted by molar-refractivity contribution is -0.120. The number of rotatable bonds is 8. The molecule has 1 heterocycles. The molecule has 20 heavy (non-hydrogen) atoms. The molecule has 0 spiro atoms. The quantitative estimate of drug-likeness (QED) is 0.718. The van der Waals surface area contributed by atoms with Crippen LogP contribution in [0.4, 0.5) is 4.79 Å². The molecule has 0 saturated heterocycles. The van der Waals surface area contributed by atoms with Crippen molar-refractivity contribution in [3.8, 4) is 0 Å². The fraction of sp³-hybridized carbons (Fsp3) is 0.286. The van der Waals surface area contributed by atoms with Crippen molar-refractivity contribution in [1.82, 2.24) is 15.5 Å². The lowest BCUT2D eigenvalue weighted by atomic mass is 10.4. The van der Waals surface area contributed by atoms with Crippen LogP contribution in [0.25, 0.3) is 0 Å². The molecule has 0 aliphatic carbocycles. The summed E-state index contributed by atoms with van der Waals surface area (Å²) in [6.45, 7) is 8.92. The number of nitrogens with zero attached hydrogens (tertiary/aromatic N) is 1. The van der Waals surface area contributed by atoms with Crippen molar-refractivity contribution in [1.29, 1.82) is 0 Å². The first kappa shape index (κ1) is 16.1. The number of amides is 3. The first-order valence-electron chi connectivity index (χ1n) is 6.20. The fourth-order valence-corrected chi connectivity index (χ4v) is 2.21. The van der Waals surface area contributed by atoms with Crippen LogP contribution in [0.5, 0.6) is 0 Å². The largest absolute Gasteiger partial charge is 0.333 e. The third-order valence-corrected chi connectivity index (χ3v) is 3.27. The Hall–Kier alpha value is -1.92. The predicted molar refractivity (Wildman–Crippen MR) is 81.5 cm³/mol. The Bertz CT molecular complexity index is 447. The number of carbonyl (C=O) groups excluding carboxylic acids is 2. The Morgan fingerprint density at radius 3 is 2.55 bits per heavy atom. The molecule has 0 radical (unpaired) electrons. The molecule has 0 aliphatic rings. The zero-order valence-electron chi connectivity index (χ0n) is 11.3. The topological polar surface area (TPSA) is 61.4 Å². The molecule has 0 aromatic carbocycles. The number of hydrogen-bond acceptors (Lipinski definition) is 4. The molecule has 0 fully saturated rings. The van der Waals surface area contributed by atoms with E-state index in [1.165, 1.54) is 0 Å². The zero-order chi connectivity index (χ0) is 14.8. The Labute approximate surface area is 123 Å². The highest BCUT2D eigenvalue weighted by Gasteiger charge is 2.11. The third kappa shape index (κ3) is 6.31. The summed E-state index contributed by atoms with van der Waals surface area (Å²) in [5, 5.41) is 6.86. The van der Waals surface area contributed by atoms with Crippen LogP contribution < -0.4 is 10.6 Å². The van der Waals surface area contributed by atoms with Gasteiger partial charge in [-0.25, -0.2) is 4.79 Å². The maximum atomic E-state index is 11.7. The summed E-state index contributed by atoms with van der Waals surface area (Å²) in [4.78, 5) is 26.1. The van der Waals surface area contributed by atoms with Crippen LogP contribution in [0.2, 0.25) is 0 Å². The highest BCUT2D eigenvalue weighted by molar-refractivity contribution is 7.09. The molecule has 1 aromatic rings. The lowest BCUT2D eigenvalue weighted by Gasteiger charge is -2.17. The number of carbonyl (C=O) groups is 2. The van der Waals surface area contributed by atoms with E-state index in [9.17, 15) is 9.59 Å². The molecule has 0 saturated carbocycles. The van der Waals surface area contributed by atoms with E-state index in [2.05, 4.69) is 23.8 Å². The normalized spacial score (nSPS) is 10.1. The summed E-state index contributed by atoms with van der Waals surface area (Å²) in [5.74, 6) is -0.350. The molecular formula is C14H19N3O2S. The Kier molecular flexibility index (Phi) is 7.31. The molecule has 1 aromatic heterocycles. The van der Waals surface area contributed by atoms with Gasteiger partial charge in [0.15, 0.2) is 0 Å². The van der Waals surface area contributed by atoms with Crippen molar-refractivity contribution >= 4 is 23.3 Å². The molecule has 5 nitrogen and oxygen atoms in total. The smallest absolute Gasteiger partial charge is 0.321 e. The van der Waals surface area contributed by atoms with Crippen molar-refractivity contribution in [2.45, 2.75) is 6.54 Å². The van der Waals surface area contributed by atoms with Gasteiger partial charge in [-0.05, 0) is 11.4 Å². The van der Waals surface area contributed by atoms with Crippen LogP contribution in [0.1, 0.15) is 4.88 Å². The lowest BCUT2D eigenvalue weighted by Crippen LogP contribution is -2.44. The molecule has 0 bridgehead atoms. The average Bonchev–Trinajstić information content (AvgIpc) is 2.90. The first-order valence-corrected chi connectivity index (χ1v) is 7.08. The summed E-state index contributed by atoms with van der Waals surface area (Å²) in [5.41, 5.74) is 0. The number of thiophene rings is 1. The second kappa shape index (κ2) is 9.06. The monoisotopic (exact) mass is 293 g/mol. The van der Waals surface area contributed by atoms with Gasteiger partial charge in [0, 0.05) is 18.0 Å². The van der Waals surface area contributed by atoms with Crippen LogP contribution in [-0.2, 0) is 11.3 Å². The molecular weight excluding hydrogens is 274 g/mol. The van der Waals surface area contributed by atoms with Crippen molar-refractivity contribution in [3.63, 3.8) is 0 Å². The van der Waals surface area contributed by atoms with Crippen molar-refractivity contribution in [2.24, 2.45) is 0 Å². The van der Waals surface area contributed by atoms with Gasteiger partial charge in [-0.15, -0.1) is 24.5 Å². The average molecular weight is 293 g/mol. The number of imide groups is 1. The first-order chi connectivity index (χ1) is 9.65. The minimum atomic E-state index is -0.486. The van der Waals surface area contributed by atoms with Crippen molar-refractivity contribution in [3.05, 3.63) is 47.7 Å². The molecule has 108 valence electrons.